The number of nitrogens with zero attached hydrogens (tertiary/aromatic N) is 1. The molecule has 30 heavy (non-hydrogen) atoms. The average molecular weight is 406 g/mol. The first kappa shape index (κ1) is 22.5. The first-order valence-electron chi connectivity index (χ1n) is 11.5. The fourth-order valence-corrected chi connectivity index (χ4v) is 5.36. The van der Waals surface area contributed by atoms with E-state index in [0.29, 0.717) is 18.1 Å². The van der Waals surface area contributed by atoms with E-state index in [0.717, 1.165) is 34.9 Å². The summed E-state index contributed by atoms with van der Waals surface area (Å²) in [7, 11) is 0. The molecule has 2 aromatic rings. The number of ether oxygens (including phenoxy) is 1. The molecule has 2 heteroatoms. The molecule has 1 saturated carbocycles. The van der Waals surface area contributed by atoms with Crippen molar-refractivity contribution in [2.24, 2.45) is 11.3 Å². The van der Waals surface area contributed by atoms with Gasteiger partial charge >= 0.3 is 0 Å². The molecule has 2 nitrogen and oxygen atoms in total. The largest absolute Gasteiger partial charge is 0.494 e. The van der Waals surface area contributed by atoms with Crippen molar-refractivity contribution in [1.29, 1.82) is 0 Å². The summed E-state index contributed by atoms with van der Waals surface area (Å²) in [5.74, 6) is 1.74. The zero-order chi connectivity index (χ0) is 21.9. The minimum atomic E-state index is 0.426. The van der Waals surface area contributed by atoms with Gasteiger partial charge in [-0.05, 0) is 97.9 Å². The number of hydrogen-bond donors (Lipinski definition) is 0. The normalized spacial score (nSPS) is 20.6. The van der Waals surface area contributed by atoms with E-state index in [9.17, 15) is 0 Å². The smallest absolute Gasteiger partial charge is 0.122 e. The third-order valence-corrected chi connectivity index (χ3v) is 6.52. The van der Waals surface area contributed by atoms with Crippen LogP contribution < -0.4 is 9.64 Å². The molecular formula is C28H39NO. The molecule has 0 heterocycles. The van der Waals surface area contributed by atoms with Crippen molar-refractivity contribution in [2.45, 2.75) is 66.8 Å². The zero-order valence-corrected chi connectivity index (χ0v) is 19.8. The molecule has 1 fully saturated rings. The van der Waals surface area contributed by atoms with E-state index in [4.69, 9.17) is 4.74 Å². The van der Waals surface area contributed by atoms with Crippen LogP contribution in [0.3, 0.4) is 0 Å². The van der Waals surface area contributed by atoms with Crippen molar-refractivity contribution >= 4 is 11.3 Å². The lowest BCUT2D eigenvalue weighted by Gasteiger charge is -2.44. The Morgan fingerprint density at radius 2 is 1.73 bits per heavy atom. The molecular weight excluding hydrogens is 366 g/mol. The molecule has 0 spiro atoms. The van der Waals surface area contributed by atoms with E-state index in [1.807, 2.05) is 6.92 Å². The van der Waals surface area contributed by atoms with Gasteiger partial charge in [0.25, 0.3) is 0 Å². The SMILES string of the molecule is C=C(c1ccc(N(CC)C2CC(C)CC(C)(C)C2)cc1)c1ccc(OCC)c(C)c1. The van der Waals surface area contributed by atoms with Gasteiger partial charge in [0.15, 0.2) is 0 Å². The van der Waals surface area contributed by atoms with Crippen molar-refractivity contribution < 1.29 is 4.74 Å². The van der Waals surface area contributed by atoms with Gasteiger partial charge in [-0.1, -0.05) is 45.5 Å². The quantitative estimate of drug-likeness (QED) is 0.473. The maximum atomic E-state index is 5.68. The van der Waals surface area contributed by atoms with Crippen LogP contribution in [-0.2, 0) is 0 Å². The fourth-order valence-electron chi connectivity index (χ4n) is 5.36. The topological polar surface area (TPSA) is 12.5 Å². The Hall–Kier alpha value is -2.22. The molecule has 0 amide bonds. The van der Waals surface area contributed by atoms with Crippen molar-refractivity contribution in [3.8, 4) is 5.75 Å². The predicted molar refractivity (Wildman–Crippen MR) is 131 cm³/mol. The van der Waals surface area contributed by atoms with E-state index >= 15 is 0 Å². The van der Waals surface area contributed by atoms with Gasteiger partial charge < -0.3 is 9.64 Å². The first-order chi connectivity index (χ1) is 14.2. The first-order valence-corrected chi connectivity index (χ1v) is 11.5. The van der Waals surface area contributed by atoms with E-state index < -0.39 is 0 Å². The van der Waals surface area contributed by atoms with E-state index in [1.165, 1.54) is 30.5 Å². The number of aryl methyl sites for hydroxylation is 1. The van der Waals surface area contributed by atoms with Crippen molar-refractivity contribution in [1.82, 2.24) is 0 Å². The molecule has 0 aromatic heterocycles. The maximum Gasteiger partial charge on any atom is 0.122 e. The lowest BCUT2D eigenvalue weighted by Crippen LogP contribution is -2.43. The summed E-state index contributed by atoms with van der Waals surface area (Å²) in [6.07, 6.45) is 3.89. The molecule has 1 aliphatic carbocycles. The molecule has 0 aliphatic heterocycles. The van der Waals surface area contributed by atoms with Crippen LogP contribution in [-0.4, -0.2) is 19.2 Å². The Balaban J connectivity index is 1.78. The van der Waals surface area contributed by atoms with Crippen LogP contribution in [0.15, 0.2) is 49.0 Å². The molecule has 2 aromatic carbocycles. The Morgan fingerprint density at radius 1 is 1.07 bits per heavy atom. The monoisotopic (exact) mass is 405 g/mol. The second kappa shape index (κ2) is 9.29. The van der Waals surface area contributed by atoms with Gasteiger partial charge in [0.2, 0.25) is 0 Å². The van der Waals surface area contributed by atoms with Crippen molar-refractivity contribution in [2.75, 3.05) is 18.1 Å². The van der Waals surface area contributed by atoms with Crippen LogP contribution in [0.1, 0.15) is 70.6 Å². The average Bonchev–Trinajstić information content (AvgIpc) is 2.69. The van der Waals surface area contributed by atoms with Crippen molar-refractivity contribution in [3.05, 3.63) is 65.7 Å². The van der Waals surface area contributed by atoms with E-state index in [2.05, 4.69) is 88.6 Å². The van der Waals surface area contributed by atoms with Gasteiger partial charge in [-0.2, -0.15) is 0 Å². The summed E-state index contributed by atoms with van der Waals surface area (Å²) in [5, 5.41) is 0. The van der Waals surface area contributed by atoms with E-state index in [1.54, 1.807) is 0 Å². The second-order valence-electron chi connectivity index (χ2n) is 9.79. The molecule has 162 valence electrons. The molecule has 0 saturated heterocycles. The molecule has 0 bridgehead atoms. The van der Waals surface area contributed by atoms with Gasteiger partial charge in [-0.3, -0.25) is 0 Å². The standard InChI is InChI=1S/C28H39NO/c1-8-29(26-16-20(3)18-28(6,7)19-26)25-13-10-23(11-14-25)22(5)24-12-15-27(30-9-2)21(4)17-24/h10-15,17,20,26H,5,8-9,16,18-19H2,1-4,6-7H3. The lowest BCUT2D eigenvalue weighted by molar-refractivity contribution is 0.165. The molecule has 1 aliphatic rings. The second-order valence-corrected chi connectivity index (χ2v) is 9.79. The van der Waals surface area contributed by atoms with Gasteiger partial charge in [0, 0.05) is 18.3 Å². The predicted octanol–water partition coefficient (Wildman–Crippen LogP) is 7.50. The fraction of sp³-hybridized carbons (Fsp3) is 0.500. The van der Waals surface area contributed by atoms with E-state index in [-0.39, 0.29) is 0 Å². The summed E-state index contributed by atoms with van der Waals surface area (Å²) in [4.78, 5) is 2.60. The van der Waals surface area contributed by atoms with Crippen LogP contribution in [0.4, 0.5) is 5.69 Å². The maximum absolute atomic E-state index is 5.68. The molecule has 0 N–H and O–H groups in total. The minimum Gasteiger partial charge on any atom is -0.494 e. The highest BCUT2D eigenvalue weighted by Gasteiger charge is 2.34. The lowest BCUT2D eigenvalue weighted by atomic mass is 9.70. The molecule has 2 atom stereocenters. The summed E-state index contributed by atoms with van der Waals surface area (Å²) in [6, 6.07) is 16.0. The Bertz CT molecular complexity index is 865. The Morgan fingerprint density at radius 3 is 2.30 bits per heavy atom. The van der Waals surface area contributed by atoms with Crippen molar-refractivity contribution in [3.63, 3.8) is 0 Å². The molecule has 0 radical (unpaired) electrons. The number of anilines is 1. The molecule has 2 unspecified atom stereocenters. The zero-order valence-electron chi connectivity index (χ0n) is 19.8. The highest BCUT2D eigenvalue weighted by Crippen LogP contribution is 2.41. The summed E-state index contributed by atoms with van der Waals surface area (Å²) in [6.45, 7) is 19.8. The van der Waals surface area contributed by atoms with Gasteiger partial charge in [0.05, 0.1) is 6.61 Å². The van der Waals surface area contributed by atoms with Crippen LogP contribution in [0.2, 0.25) is 0 Å². The van der Waals surface area contributed by atoms with Crippen LogP contribution in [0.5, 0.6) is 5.75 Å². The third-order valence-electron chi connectivity index (χ3n) is 6.52. The van der Waals surface area contributed by atoms with Crippen LogP contribution >= 0.6 is 0 Å². The molecule has 3 rings (SSSR count). The number of benzene rings is 2. The Labute approximate surface area is 184 Å². The van der Waals surface area contributed by atoms with Crippen LogP contribution in [0.25, 0.3) is 5.57 Å². The summed E-state index contributed by atoms with van der Waals surface area (Å²) in [5.41, 5.74) is 6.29. The van der Waals surface area contributed by atoms with Gasteiger partial charge in [-0.15, -0.1) is 0 Å². The minimum absolute atomic E-state index is 0.426. The highest BCUT2D eigenvalue weighted by atomic mass is 16.5. The summed E-state index contributed by atoms with van der Waals surface area (Å²) < 4.78 is 5.68. The number of hydrogen-bond acceptors (Lipinski definition) is 2. The van der Waals surface area contributed by atoms with Crippen LogP contribution in [0, 0.1) is 18.3 Å². The van der Waals surface area contributed by atoms with Gasteiger partial charge in [-0.25, -0.2) is 0 Å². The van der Waals surface area contributed by atoms with Gasteiger partial charge in [0.1, 0.15) is 5.75 Å². The third kappa shape index (κ3) is 5.09. The summed E-state index contributed by atoms with van der Waals surface area (Å²) >= 11 is 0. The highest BCUT2D eigenvalue weighted by molar-refractivity contribution is 5.79. The number of rotatable bonds is 7. The Kier molecular flexibility index (Phi) is 6.95.